The third-order valence-corrected chi connectivity index (χ3v) is 10.1. The van der Waals surface area contributed by atoms with Crippen LogP contribution in [-0.4, -0.2) is 53.4 Å². The van der Waals surface area contributed by atoms with Crippen LogP contribution < -0.4 is 5.32 Å². The van der Waals surface area contributed by atoms with Crippen molar-refractivity contribution in [1.82, 2.24) is 10.2 Å². The highest BCUT2D eigenvalue weighted by Crippen LogP contribution is 2.42. The number of halogens is 3. The minimum Gasteiger partial charge on any atom is -0.378 e. The Hall–Kier alpha value is -0.370. The molecular formula is C28H49F3N2O2. The van der Waals surface area contributed by atoms with E-state index in [1.807, 2.05) is 0 Å². The molecule has 0 spiro atoms. The first-order valence-corrected chi connectivity index (χ1v) is 14.7. The first kappa shape index (κ1) is 27.7. The smallest absolute Gasteiger partial charge is 0.378 e. The molecular weight excluding hydrogens is 453 g/mol. The zero-order valence-corrected chi connectivity index (χ0v) is 21.5. The number of aliphatic hydroxyl groups excluding tert-OH is 2. The van der Waals surface area contributed by atoms with Gasteiger partial charge in [-0.2, -0.15) is 13.2 Å². The van der Waals surface area contributed by atoms with Crippen LogP contribution in [0.3, 0.4) is 0 Å². The van der Waals surface area contributed by atoms with Crippen molar-refractivity contribution in [3.05, 3.63) is 0 Å². The van der Waals surface area contributed by atoms with E-state index in [0.29, 0.717) is 18.8 Å². The van der Waals surface area contributed by atoms with Gasteiger partial charge in [0.25, 0.3) is 0 Å². The van der Waals surface area contributed by atoms with E-state index in [2.05, 4.69) is 10.2 Å². The molecule has 4 fully saturated rings. The van der Waals surface area contributed by atoms with E-state index in [1.54, 1.807) is 0 Å². The molecule has 0 amide bonds. The highest BCUT2D eigenvalue weighted by atomic mass is 19.4. The average Bonchev–Trinajstić information content (AvgIpc) is 3.35. The number of aliphatic hydroxyl groups is 2. The number of nitrogens with zero attached hydrogens (tertiary/aromatic N) is 1. The maximum absolute atomic E-state index is 13.1. The SMILES string of the molecule is OC(NCC(O)N1CCC(CCC2CCC(C3CCCCC3)CC2)C1)C1CCCC(C(F)(F)F)C1. The lowest BCUT2D eigenvalue weighted by molar-refractivity contribution is -0.189. The predicted octanol–water partition coefficient (Wildman–Crippen LogP) is 6.07. The van der Waals surface area contributed by atoms with E-state index in [-0.39, 0.29) is 19.4 Å². The third-order valence-electron chi connectivity index (χ3n) is 10.1. The van der Waals surface area contributed by atoms with Crippen molar-refractivity contribution in [3.8, 4) is 0 Å². The molecule has 1 aliphatic heterocycles. The van der Waals surface area contributed by atoms with Gasteiger partial charge in [0.1, 0.15) is 12.5 Å². The summed E-state index contributed by atoms with van der Waals surface area (Å²) in [6, 6.07) is 0. The summed E-state index contributed by atoms with van der Waals surface area (Å²) in [4.78, 5) is 2.07. The molecule has 1 saturated heterocycles. The summed E-state index contributed by atoms with van der Waals surface area (Å²) in [6.07, 6.45) is 12.0. The predicted molar refractivity (Wildman–Crippen MR) is 132 cm³/mol. The van der Waals surface area contributed by atoms with Crippen LogP contribution in [0.4, 0.5) is 13.2 Å². The average molecular weight is 503 g/mol. The summed E-state index contributed by atoms with van der Waals surface area (Å²) in [5.74, 6) is 1.77. The highest BCUT2D eigenvalue weighted by Gasteiger charge is 2.43. The van der Waals surface area contributed by atoms with Gasteiger partial charge in [0.15, 0.2) is 0 Å². The molecule has 4 aliphatic rings. The van der Waals surface area contributed by atoms with Gasteiger partial charge in [-0.1, -0.05) is 57.8 Å². The van der Waals surface area contributed by atoms with Gasteiger partial charge in [-0.15, -0.1) is 0 Å². The van der Waals surface area contributed by atoms with Gasteiger partial charge in [0.2, 0.25) is 0 Å². The van der Waals surface area contributed by atoms with Gasteiger partial charge < -0.3 is 10.2 Å². The molecule has 4 nitrogen and oxygen atoms in total. The Bertz CT molecular complexity index is 620. The minimum absolute atomic E-state index is 0.0257. The Morgan fingerprint density at radius 1 is 0.771 bits per heavy atom. The van der Waals surface area contributed by atoms with Gasteiger partial charge >= 0.3 is 6.18 Å². The van der Waals surface area contributed by atoms with Crippen LogP contribution in [-0.2, 0) is 0 Å². The zero-order chi connectivity index (χ0) is 24.8. The number of hydrogen-bond acceptors (Lipinski definition) is 4. The van der Waals surface area contributed by atoms with E-state index in [9.17, 15) is 23.4 Å². The maximum atomic E-state index is 13.1. The lowest BCUT2D eigenvalue weighted by Crippen LogP contribution is -2.47. The third kappa shape index (κ3) is 8.05. The summed E-state index contributed by atoms with van der Waals surface area (Å²) in [5, 5.41) is 24.0. The molecule has 7 heteroatoms. The molecule has 5 atom stereocenters. The first-order valence-electron chi connectivity index (χ1n) is 14.7. The van der Waals surface area contributed by atoms with E-state index >= 15 is 0 Å². The Morgan fingerprint density at radius 2 is 1.46 bits per heavy atom. The van der Waals surface area contributed by atoms with Crippen LogP contribution in [0.25, 0.3) is 0 Å². The molecule has 204 valence electrons. The second kappa shape index (κ2) is 12.9. The monoisotopic (exact) mass is 502 g/mol. The number of likely N-dealkylation sites (tertiary alicyclic amines) is 1. The summed E-state index contributed by atoms with van der Waals surface area (Å²) in [6.45, 7) is 1.94. The Kier molecular flexibility index (Phi) is 10.2. The molecule has 0 aromatic heterocycles. The van der Waals surface area contributed by atoms with Crippen molar-refractivity contribution in [2.24, 2.45) is 35.5 Å². The van der Waals surface area contributed by atoms with Crippen molar-refractivity contribution in [3.63, 3.8) is 0 Å². The summed E-state index contributed by atoms with van der Waals surface area (Å²) in [7, 11) is 0. The molecule has 3 saturated carbocycles. The molecule has 0 bridgehead atoms. The molecule has 3 aliphatic carbocycles. The minimum atomic E-state index is -4.18. The van der Waals surface area contributed by atoms with E-state index in [4.69, 9.17) is 0 Å². The normalized spacial score (nSPS) is 35.7. The van der Waals surface area contributed by atoms with Crippen molar-refractivity contribution in [2.75, 3.05) is 19.6 Å². The topological polar surface area (TPSA) is 55.7 Å². The number of hydrogen-bond donors (Lipinski definition) is 3. The van der Waals surface area contributed by atoms with Gasteiger partial charge in [0, 0.05) is 19.6 Å². The Morgan fingerprint density at radius 3 is 2.17 bits per heavy atom. The van der Waals surface area contributed by atoms with Crippen molar-refractivity contribution in [2.45, 2.75) is 121 Å². The second-order valence-corrected chi connectivity index (χ2v) is 12.4. The second-order valence-electron chi connectivity index (χ2n) is 12.4. The van der Waals surface area contributed by atoms with E-state index in [1.165, 1.54) is 70.6 Å². The quantitative estimate of drug-likeness (QED) is 0.335. The van der Waals surface area contributed by atoms with Crippen LogP contribution in [0.1, 0.15) is 103 Å². The summed E-state index contributed by atoms with van der Waals surface area (Å²) >= 11 is 0. The van der Waals surface area contributed by atoms with Crippen LogP contribution in [0.15, 0.2) is 0 Å². The van der Waals surface area contributed by atoms with E-state index in [0.717, 1.165) is 37.3 Å². The van der Waals surface area contributed by atoms with Crippen molar-refractivity contribution < 1.29 is 23.4 Å². The summed E-state index contributed by atoms with van der Waals surface area (Å²) in [5.41, 5.74) is 0. The van der Waals surface area contributed by atoms with Crippen LogP contribution in [0, 0.1) is 35.5 Å². The van der Waals surface area contributed by atoms with Crippen molar-refractivity contribution in [1.29, 1.82) is 0 Å². The lowest BCUT2D eigenvalue weighted by atomic mass is 9.70. The molecule has 0 aromatic rings. The fraction of sp³-hybridized carbons (Fsp3) is 1.00. The van der Waals surface area contributed by atoms with Crippen LogP contribution in [0.5, 0.6) is 0 Å². The van der Waals surface area contributed by atoms with Gasteiger partial charge in [-0.3, -0.25) is 10.2 Å². The van der Waals surface area contributed by atoms with Crippen LogP contribution in [0.2, 0.25) is 0 Å². The fourth-order valence-electron chi connectivity index (χ4n) is 7.73. The Labute approximate surface area is 210 Å². The maximum Gasteiger partial charge on any atom is 0.391 e. The molecule has 1 heterocycles. The van der Waals surface area contributed by atoms with Gasteiger partial charge in [0.05, 0.1) is 5.92 Å². The largest absolute Gasteiger partial charge is 0.391 e. The van der Waals surface area contributed by atoms with E-state index < -0.39 is 30.5 Å². The molecule has 3 N–H and O–H groups in total. The fourth-order valence-corrected chi connectivity index (χ4v) is 7.73. The Balaban J connectivity index is 1.10. The number of alkyl halides is 3. The molecule has 0 radical (unpaired) electrons. The first-order chi connectivity index (χ1) is 16.8. The molecule has 5 unspecified atom stereocenters. The van der Waals surface area contributed by atoms with Gasteiger partial charge in [-0.05, 0) is 74.5 Å². The molecule has 35 heavy (non-hydrogen) atoms. The molecule has 0 aromatic carbocycles. The lowest BCUT2D eigenvalue weighted by Gasteiger charge is -2.36. The highest BCUT2D eigenvalue weighted by molar-refractivity contribution is 4.84. The number of rotatable bonds is 9. The summed E-state index contributed by atoms with van der Waals surface area (Å²) < 4.78 is 39.2. The van der Waals surface area contributed by atoms with Gasteiger partial charge in [-0.25, -0.2) is 0 Å². The number of nitrogens with one attached hydrogen (secondary N) is 1. The zero-order valence-electron chi connectivity index (χ0n) is 21.5. The van der Waals surface area contributed by atoms with Crippen molar-refractivity contribution >= 4 is 0 Å². The standard InChI is InChI=1S/C28H49F3N2O2/c29-28(30,31)25-8-4-7-24(17-25)27(35)32-18-26(34)33-16-15-21(19-33)10-9-20-11-13-23(14-12-20)22-5-2-1-3-6-22/h20-27,32,34-35H,1-19H2. The van der Waals surface area contributed by atoms with Crippen LogP contribution >= 0.6 is 0 Å². The molecule has 4 rings (SSSR count).